The van der Waals surface area contributed by atoms with E-state index in [0.29, 0.717) is 12.0 Å². The highest BCUT2D eigenvalue weighted by molar-refractivity contribution is 5.94. The molecule has 1 saturated carbocycles. The minimum absolute atomic E-state index is 0.108. The van der Waals surface area contributed by atoms with Crippen molar-refractivity contribution in [3.63, 3.8) is 0 Å². The van der Waals surface area contributed by atoms with Crippen molar-refractivity contribution in [3.05, 3.63) is 51.2 Å². The Balaban J connectivity index is 1.61. The van der Waals surface area contributed by atoms with Crippen molar-refractivity contribution in [2.75, 3.05) is 0 Å². The summed E-state index contributed by atoms with van der Waals surface area (Å²) >= 11 is 0. The Morgan fingerprint density at radius 1 is 1.23 bits per heavy atom. The first-order valence-corrected chi connectivity index (χ1v) is 10.5. The minimum Gasteiger partial charge on any atom is -0.352 e. The number of nitrogens with zero attached hydrogens (tertiary/aromatic N) is 3. The predicted octanol–water partition coefficient (Wildman–Crippen LogP) is 1.62. The molecule has 0 radical (unpaired) electrons. The Labute approximate surface area is 176 Å². The number of amides is 2. The molecule has 8 nitrogen and oxygen atoms in total. The lowest BCUT2D eigenvalue weighted by molar-refractivity contribution is -0.122. The predicted molar refractivity (Wildman–Crippen MR) is 114 cm³/mol. The van der Waals surface area contributed by atoms with Crippen LogP contribution < -0.4 is 16.2 Å². The number of hydrogen-bond acceptors (Lipinski definition) is 4. The van der Waals surface area contributed by atoms with E-state index < -0.39 is 0 Å². The van der Waals surface area contributed by atoms with Crippen molar-refractivity contribution in [1.29, 1.82) is 0 Å². The number of carbonyl (C=O) groups excluding carboxylic acids is 2. The van der Waals surface area contributed by atoms with Crippen molar-refractivity contribution >= 4 is 11.8 Å². The molecular weight excluding hydrogens is 382 g/mol. The summed E-state index contributed by atoms with van der Waals surface area (Å²) in [5.41, 5.74) is 3.23. The van der Waals surface area contributed by atoms with E-state index in [1.54, 1.807) is 0 Å². The van der Waals surface area contributed by atoms with Crippen molar-refractivity contribution in [2.24, 2.45) is 7.05 Å². The SMILES string of the molecule is Cc1nn(C)c(C)c1CC(C)NC(=O)Cn1cc(C(=O)NC2CCCC2)ccc1=O. The molecule has 1 aliphatic rings. The molecule has 8 heteroatoms. The first-order valence-electron chi connectivity index (χ1n) is 10.5. The number of hydrogen-bond donors (Lipinski definition) is 2. The molecule has 0 aromatic carbocycles. The fourth-order valence-corrected chi connectivity index (χ4v) is 4.07. The van der Waals surface area contributed by atoms with Crippen LogP contribution in [0.25, 0.3) is 0 Å². The van der Waals surface area contributed by atoms with Crippen LogP contribution in [0.2, 0.25) is 0 Å². The maximum atomic E-state index is 12.5. The molecule has 3 rings (SSSR count). The largest absolute Gasteiger partial charge is 0.352 e. The Bertz CT molecular complexity index is 985. The van der Waals surface area contributed by atoms with E-state index in [1.807, 2.05) is 32.5 Å². The Morgan fingerprint density at radius 2 is 1.93 bits per heavy atom. The van der Waals surface area contributed by atoms with Gasteiger partial charge < -0.3 is 15.2 Å². The van der Waals surface area contributed by atoms with Crippen LogP contribution in [0.4, 0.5) is 0 Å². The molecule has 30 heavy (non-hydrogen) atoms. The van der Waals surface area contributed by atoms with E-state index in [4.69, 9.17) is 0 Å². The van der Waals surface area contributed by atoms with Crippen molar-refractivity contribution < 1.29 is 9.59 Å². The second kappa shape index (κ2) is 9.28. The van der Waals surface area contributed by atoms with Crippen molar-refractivity contribution in [1.82, 2.24) is 25.0 Å². The van der Waals surface area contributed by atoms with Gasteiger partial charge in [0.05, 0.1) is 11.3 Å². The molecule has 1 fully saturated rings. The molecule has 0 saturated heterocycles. The van der Waals surface area contributed by atoms with Crippen molar-refractivity contribution in [3.8, 4) is 0 Å². The number of aryl methyl sites for hydroxylation is 2. The minimum atomic E-state index is -0.311. The molecule has 0 bridgehead atoms. The molecule has 2 aromatic rings. The molecule has 2 N–H and O–H groups in total. The van der Waals surface area contributed by atoms with Crippen LogP contribution in [0.5, 0.6) is 0 Å². The highest BCUT2D eigenvalue weighted by Gasteiger charge is 2.19. The van der Waals surface area contributed by atoms with Gasteiger partial charge in [-0.1, -0.05) is 12.8 Å². The number of pyridine rings is 1. The van der Waals surface area contributed by atoms with Gasteiger partial charge in [-0.25, -0.2) is 0 Å². The standard InChI is InChI=1S/C22H31N5O3/c1-14(11-19-15(2)25-26(4)16(19)3)23-20(28)13-27-12-17(9-10-21(27)29)22(30)24-18-7-5-6-8-18/h9-10,12,14,18H,5-8,11,13H2,1-4H3,(H,23,28)(H,24,30). The molecule has 1 atom stereocenters. The lowest BCUT2D eigenvalue weighted by Crippen LogP contribution is -2.39. The number of rotatable bonds is 7. The van der Waals surface area contributed by atoms with Gasteiger partial charge in [-0.2, -0.15) is 5.10 Å². The Morgan fingerprint density at radius 3 is 2.57 bits per heavy atom. The first-order chi connectivity index (χ1) is 14.2. The molecular formula is C22H31N5O3. The van der Waals surface area contributed by atoms with Gasteiger partial charge in [-0.3, -0.25) is 19.1 Å². The maximum absolute atomic E-state index is 12.5. The van der Waals surface area contributed by atoms with Crippen LogP contribution in [-0.4, -0.2) is 38.2 Å². The van der Waals surface area contributed by atoms with E-state index >= 15 is 0 Å². The highest BCUT2D eigenvalue weighted by Crippen LogP contribution is 2.18. The van der Waals surface area contributed by atoms with E-state index in [0.717, 1.165) is 42.6 Å². The summed E-state index contributed by atoms with van der Waals surface area (Å²) in [4.78, 5) is 37.2. The summed E-state index contributed by atoms with van der Waals surface area (Å²) in [6.45, 7) is 5.76. The van der Waals surface area contributed by atoms with E-state index in [-0.39, 0.29) is 36.0 Å². The number of nitrogens with one attached hydrogen (secondary N) is 2. The zero-order valence-corrected chi connectivity index (χ0v) is 18.2. The monoisotopic (exact) mass is 413 g/mol. The average Bonchev–Trinajstić information content (AvgIpc) is 3.27. The van der Waals surface area contributed by atoms with Crippen LogP contribution in [0.15, 0.2) is 23.1 Å². The van der Waals surface area contributed by atoms with E-state index in [9.17, 15) is 14.4 Å². The second-order valence-electron chi connectivity index (χ2n) is 8.28. The van der Waals surface area contributed by atoms with Crippen LogP contribution in [0.3, 0.4) is 0 Å². The van der Waals surface area contributed by atoms with Gasteiger partial charge in [0.15, 0.2) is 0 Å². The zero-order valence-electron chi connectivity index (χ0n) is 18.2. The first kappa shape index (κ1) is 21.8. The highest BCUT2D eigenvalue weighted by atomic mass is 16.2. The van der Waals surface area contributed by atoms with E-state index in [2.05, 4.69) is 15.7 Å². The van der Waals surface area contributed by atoms with E-state index in [1.165, 1.54) is 22.9 Å². The number of carbonyl (C=O) groups is 2. The molecule has 1 unspecified atom stereocenters. The smallest absolute Gasteiger partial charge is 0.252 e. The van der Waals surface area contributed by atoms with Crippen molar-refractivity contribution in [2.45, 2.75) is 71.5 Å². The summed E-state index contributed by atoms with van der Waals surface area (Å²) in [5, 5.41) is 10.3. The molecule has 0 spiro atoms. The average molecular weight is 414 g/mol. The second-order valence-corrected chi connectivity index (χ2v) is 8.28. The topological polar surface area (TPSA) is 98.0 Å². The van der Waals surface area contributed by atoms with Gasteiger partial charge in [0.25, 0.3) is 11.5 Å². The van der Waals surface area contributed by atoms with Gasteiger partial charge >= 0.3 is 0 Å². The third-order valence-corrected chi connectivity index (χ3v) is 5.83. The fourth-order valence-electron chi connectivity index (χ4n) is 4.07. The maximum Gasteiger partial charge on any atom is 0.252 e. The molecule has 2 aromatic heterocycles. The van der Waals surface area contributed by atoms with Gasteiger partial charge in [0.1, 0.15) is 6.54 Å². The van der Waals surface area contributed by atoms with Gasteiger partial charge in [0.2, 0.25) is 5.91 Å². The van der Waals surface area contributed by atoms with Crippen LogP contribution >= 0.6 is 0 Å². The Hall–Kier alpha value is -2.90. The third kappa shape index (κ3) is 5.17. The summed E-state index contributed by atoms with van der Waals surface area (Å²) < 4.78 is 3.12. The van der Waals surface area contributed by atoms with Crippen LogP contribution in [-0.2, 0) is 24.8 Å². The molecule has 1 aliphatic carbocycles. The zero-order chi connectivity index (χ0) is 21.8. The van der Waals surface area contributed by atoms with Gasteiger partial charge in [-0.15, -0.1) is 0 Å². The summed E-state index contributed by atoms with van der Waals surface area (Å²) in [7, 11) is 1.90. The molecule has 2 heterocycles. The summed E-state index contributed by atoms with van der Waals surface area (Å²) in [5.74, 6) is -0.468. The summed E-state index contributed by atoms with van der Waals surface area (Å²) in [6.07, 6.45) is 6.35. The third-order valence-electron chi connectivity index (χ3n) is 5.83. The summed E-state index contributed by atoms with van der Waals surface area (Å²) in [6, 6.07) is 2.94. The fraction of sp³-hybridized carbons (Fsp3) is 0.545. The lowest BCUT2D eigenvalue weighted by Gasteiger charge is -2.16. The van der Waals surface area contributed by atoms with Crippen LogP contribution in [0, 0.1) is 13.8 Å². The molecule has 2 amide bonds. The lowest BCUT2D eigenvalue weighted by atomic mass is 10.1. The normalized spacial score (nSPS) is 15.2. The Kier molecular flexibility index (Phi) is 6.74. The van der Waals surface area contributed by atoms with Gasteiger partial charge in [-0.05, 0) is 51.7 Å². The van der Waals surface area contributed by atoms with Gasteiger partial charge in [0, 0.05) is 37.1 Å². The molecule has 0 aliphatic heterocycles. The van der Waals surface area contributed by atoms with Crippen LogP contribution in [0.1, 0.15) is 59.9 Å². The molecule has 162 valence electrons. The number of aromatic nitrogens is 3. The quantitative estimate of drug-likeness (QED) is 0.721.